The van der Waals surface area contributed by atoms with Gasteiger partial charge in [-0.1, -0.05) is 0 Å². The second-order valence-electron chi connectivity index (χ2n) is 32.7. The summed E-state index contributed by atoms with van der Waals surface area (Å²) in [4.78, 5) is 101. The molecule has 2 amide bonds. The number of carbonyl (C=O) groups excluding carboxylic acids is 2. The molecule has 4 saturated carbocycles. The topological polar surface area (TPSA) is 374 Å². The Hall–Kier alpha value is -12.3. The number of hydrogen-bond acceptors (Lipinski definition) is 31. The Bertz CT molecular complexity index is 5670. The molecule has 0 atom stereocenters. The molecule has 8 fully saturated rings. The standard InChI is InChI=1S/C23H28N6O3.C23H28N6O2.C22H25FN6O3.C22H25N5O3S/c1-28-14-20(26-15-28)23(30)27-16-2-4-18(5-3-16)32-21-13-17(29-8-10-31-11-9-29)12-19-22(21)25-7-6-24-19;1-16-12-22(27-15-26-16)28-17-2-4-19(5-3-17)31-21-14-18(29-8-10-30-11-9-29)13-20-23(21)25-7-6-24-20;23-17-13-26-22(28-21(17)30)27-14-1-3-16(4-2-14)32-19-12-15(29-7-9-31-10-8-29)11-18-20(19)25-6-5-24-18;28-22(20-5-6-25-31-20)26-15-1-3-17(4-2-15)30-19-14-16(27-9-11-29-12-10-27)13-18-21(19)24-8-7-23-18/h6-7,12-16,18H,2-5,8-11H2,1H3,(H,27,30);6-7,12-15,17,19H,2-5,8-11H2,1H3,(H,26,27,28);5-6,11-14,16H,1-4,7-10H2,(H2,26,27,28,30);5-8,13-15,17H,1-4,9-12H2,(H,26,28). The number of nitrogens with one attached hydrogen (secondary N) is 5. The van der Waals surface area contributed by atoms with Crippen LogP contribution in [0.2, 0.25) is 0 Å². The predicted molar refractivity (Wildman–Crippen MR) is 476 cm³/mol. The van der Waals surface area contributed by atoms with Gasteiger partial charge in [0.1, 0.15) is 67.8 Å². The minimum absolute atomic E-state index is 0.0358. The van der Waals surface area contributed by atoms with Crippen molar-refractivity contribution in [3.63, 3.8) is 0 Å². The van der Waals surface area contributed by atoms with Crippen LogP contribution in [0.1, 0.15) is 129 Å². The summed E-state index contributed by atoms with van der Waals surface area (Å²) >= 11 is 1.22. The molecule has 0 unspecified atom stereocenters. The highest BCUT2D eigenvalue weighted by Crippen LogP contribution is 2.39. The summed E-state index contributed by atoms with van der Waals surface area (Å²) in [5.41, 5.74) is 11.6. The van der Waals surface area contributed by atoms with Gasteiger partial charge in [0.2, 0.25) is 11.8 Å². The zero-order chi connectivity index (χ0) is 85.9. The van der Waals surface area contributed by atoms with Crippen LogP contribution in [-0.2, 0) is 26.0 Å². The molecule has 12 aromatic rings. The Balaban J connectivity index is 0.000000119. The number of carbonyl (C=O) groups is 2. The van der Waals surface area contributed by atoms with Crippen LogP contribution in [0.25, 0.3) is 44.1 Å². The molecular weight excluding hydrogens is 1630 g/mol. The minimum atomic E-state index is -0.887. The van der Waals surface area contributed by atoms with Crippen molar-refractivity contribution in [3.05, 3.63) is 174 Å². The summed E-state index contributed by atoms with van der Waals surface area (Å²) in [7, 11) is 1.86. The third-order valence-electron chi connectivity index (χ3n) is 24.0. The molecule has 8 aromatic heterocycles. The van der Waals surface area contributed by atoms with Crippen molar-refractivity contribution in [3.8, 4) is 23.0 Å². The van der Waals surface area contributed by atoms with E-state index >= 15 is 0 Å². The van der Waals surface area contributed by atoms with Crippen molar-refractivity contribution in [2.24, 2.45) is 7.05 Å². The number of benzene rings is 4. The van der Waals surface area contributed by atoms with E-state index in [1.165, 1.54) is 11.5 Å². The fourth-order valence-corrected chi connectivity index (χ4v) is 17.8. The van der Waals surface area contributed by atoms with Crippen LogP contribution >= 0.6 is 11.5 Å². The number of nitrogens with zero attached hydrogens (tertiary/aromatic N) is 18. The van der Waals surface area contributed by atoms with E-state index in [0.717, 1.165) is 302 Å². The molecule has 36 heteroatoms. The second-order valence-corrected chi connectivity index (χ2v) is 33.6. The van der Waals surface area contributed by atoms with Crippen LogP contribution in [0.15, 0.2) is 146 Å². The lowest BCUT2D eigenvalue weighted by Gasteiger charge is -2.31. The number of aromatic nitrogens is 15. The van der Waals surface area contributed by atoms with E-state index in [1.54, 1.807) is 85.3 Å². The van der Waals surface area contributed by atoms with Crippen LogP contribution in [-0.4, -0.2) is 239 Å². The Morgan fingerprint density at radius 2 is 0.794 bits per heavy atom. The Labute approximate surface area is 732 Å². The quantitative estimate of drug-likeness (QED) is 0.0473. The molecule has 4 aromatic carbocycles. The average Bonchev–Trinajstić information content (AvgIpc) is 0.940. The molecule has 660 valence electrons. The van der Waals surface area contributed by atoms with Gasteiger partial charge >= 0.3 is 0 Å². The van der Waals surface area contributed by atoms with Gasteiger partial charge in [0, 0.05) is 204 Å². The molecule has 4 aliphatic heterocycles. The molecule has 0 spiro atoms. The Morgan fingerprint density at radius 3 is 1.14 bits per heavy atom. The van der Waals surface area contributed by atoms with Crippen LogP contribution in [0.3, 0.4) is 0 Å². The number of H-pyrrole nitrogens is 1. The number of rotatable bonds is 20. The van der Waals surface area contributed by atoms with E-state index in [0.29, 0.717) is 35.8 Å². The average molecular weight is 1740 g/mol. The molecule has 4 saturated heterocycles. The molecule has 0 radical (unpaired) electrons. The normalized spacial score (nSPS) is 21.6. The molecule has 12 heterocycles. The largest absolute Gasteiger partial charge is 0.488 e. The highest BCUT2D eigenvalue weighted by Gasteiger charge is 2.32. The molecular formula is C90H106FN23O11S. The molecule has 4 aliphatic carbocycles. The molecule has 0 bridgehead atoms. The van der Waals surface area contributed by atoms with Gasteiger partial charge in [-0.2, -0.15) is 4.39 Å². The maximum atomic E-state index is 13.1. The molecule has 126 heavy (non-hydrogen) atoms. The van der Waals surface area contributed by atoms with Gasteiger partial charge in [-0.15, -0.1) is 0 Å². The van der Waals surface area contributed by atoms with E-state index in [9.17, 15) is 18.8 Å². The maximum absolute atomic E-state index is 13.1. The summed E-state index contributed by atoms with van der Waals surface area (Å²) in [6.07, 6.45) is 36.1. The van der Waals surface area contributed by atoms with Crippen LogP contribution in [0.5, 0.6) is 23.0 Å². The van der Waals surface area contributed by atoms with Gasteiger partial charge in [0.05, 0.1) is 112 Å². The second kappa shape index (κ2) is 41.7. The van der Waals surface area contributed by atoms with Gasteiger partial charge in [-0.3, -0.25) is 39.3 Å². The summed E-state index contributed by atoms with van der Waals surface area (Å²) in [5.74, 6) is 3.29. The van der Waals surface area contributed by atoms with E-state index in [2.05, 4.69) is 159 Å². The molecule has 20 rings (SSSR count). The van der Waals surface area contributed by atoms with Gasteiger partial charge in [0.15, 0.2) is 0 Å². The Kier molecular flexibility index (Phi) is 28.4. The SMILES string of the molecule is Cc1cc(NC2CCC(Oc3cc(N4CCOCC4)cc4nccnc34)CC2)ncn1.Cn1cnc(C(=O)NC2CCC(Oc3cc(N4CCOCC4)cc4nccnc34)CC2)c1.O=C(NC1CCC(Oc2cc(N3CCOCC3)cc3nccnc23)CC1)c1ccns1.O=c1[nH]c(NC2CCC(Oc3cc(N4CCOCC4)cc4nccnc34)CC2)ncc1F. The number of fused-ring (bicyclic) bond motifs is 4. The fraction of sp³-hybridized carbons (Fsp3) is 0.467. The molecule has 5 N–H and O–H groups in total. The van der Waals surface area contributed by atoms with Crippen molar-refractivity contribution in [1.82, 2.24) is 84.4 Å². The first-order valence-corrected chi connectivity index (χ1v) is 44.6. The lowest BCUT2D eigenvalue weighted by atomic mass is 9.92. The van der Waals surface area contributed by atoms with Crippen molar-refractivity contribution < 1.29 is 51.9 Å². The number of aromatic amines is 1. The monoisotopic (exact) mass is 1740 g/mol. The summed E-state index contributed by atoms with van der Waals surface area (Å²) in [6.45, 7) is 14.6. The molecule has 34 nitrogen and oxygen atoms in total. The number of imidazole rings is 1. The maximum Gasteiger partial charge on any atom is 0.288 e. The van der Waals surface area contributed by atoms with Crippen LogP contribution in [0, 0.1) is 12.7 Å². The first kappa shape index (κ1) is 85.9. The van der Waals surface area contributed by atoms with E-state index in [1.807, 2.05) is 20.0 Å². The minimum Gasteiger partial charge on any atom is -0.488 e. The number of ether oxygens (including phenoxy) is 8. The lowest BCUT2D eigenvalue weighted by Crippen LogP contribution is -2.40. The Morgan fingerprint density at radius 1 is 0.429 bits per heavy atom. The van der Waals surface area contributed by atoms with Crippen LogP contribution in [0.4, 0.5) is 38.9 Å². The van der Waals surface area contributed by atoms with E-state index in [4.69, 9.17) is 37.9 Å². The van der Waals surface area contributed by atoms with Gasteiger partial charge in [-0.05, 0) is 152 Å². The van der Waals surface area contributed by atoms with Gasteiger partial charge in [0.25, 0.3) is 17.4 Å². The first-order valence-electron chi connectivity index (χ1n) is 43.9. The van der Waals surface area contributed by atoms with Crippen molar-refractivity contribution in [1.29, 1.82) is 0 Å². The third-order valence-corrected chi connectivity index (χ3v) is 24.7. The summed E-state index contributed by atoms with van der Waals surface area (Å²) in [5, 5.41) is 13.0. The zero-order valence-electron chi connectivity index (χ0n) is 70.9. The molecule has 8 aliphatic rings. The zero-order valence-corrected chi connectivity index (χ0v) is 71.7. The van der Waals surface area contributed by atoms with E-state index in [-0.39, 0.29) is 54.4 Å². The predicted octanol–water partition coefficient (Wildman–Crippen LogP) is 11.2. The summed E-state index contributed by atoms with van der Waals surface area (Å²) in [6, 6.07) is 21.2. The number of aryl methyl sites for hydroxylation is 2. The first-order chi connectivity index (χ1) is 61.8. The number of hydrogen-bond donors (Lipinski definition) is 5. The highest BCUT2D eigenvalue weighted by molar-refractivity contribution is 7.08. The van der Waals surface area contributed by atoms with Crippen LogP contribution < -0.4 is 65.4 Å². The number of anilines is 6. The highest BCUT2D eigenvalue weighted by atomic mass is 32.1. The van der Waals surface area contributed by atoms with Crippen molar-refractivity contribution in [2.45, 2.75) is 158 Å². The van der Waals surface area contributed by atoms with Gasteiger partial charge in [-0.25, -0.2) is 44.2 Å². The summed E-state index contributed by atoms with van der Waals surface area (Å²) < 4.78 is 66.7. The van der Waals surface area contributed by atoms with E-state index < -0.39 is 11.4 Å². The van der Waals surface area contributed by atoms with Gasteiger partial charge < -0.3 is 83.3 Å². The number of amides is 2. The fourth-order valence-electron chi connectivity index (χ4n) is 17.3. The van der Waals surface area contributed by atoms with Crippen molar-refractivity contribution in [2.75, 3.05) is 135 Å². The lowest BCUT2D eigenvalue weighted by molar-refractivity contribution is 0.0887. The smallest absolute Gasteiger partial charge is 0.288 e. The van der Waals surface area contributed by atoms with Crippen molar-refractivity contribution >= 4 is 102 Å². The third kappa shape index (κ3) is 22.5. The number of morpholine rings is 4. The number of halogens is 1.